The van der Waals surface area contributed by atoms with E-state index in [2.05, 4.69) is 16.8 Å². The second-order valence-corrected chi connectivity index (χ2v) is 7.57. The number of carbonyl (C=O) groups is 1. The molecule has 2 fully saturated rings. The monoisotopic (exact) mass is 360 g/mol. The first-order valence-electron chi connectivity index (χ1n) is 9.85. The van der Waals surface area contributed by atoms with Crippen molar-refractivity contribution in [3.63, 3.8) is 0 Å². The van der Waals surface area contributed by atoms with Crippen molar-refractivity contribution in [3.8, 4) is 11.5 Å². The molecule has 0 spiro atoms. The van der Waals surface area contributed by atoms with Gasteiger partial charge in [-0.25, -0.2) is 0 Å². The van der Waals surface area contributed by atoms with E-state index in [4.69, 9.17) is 9.47 Å². The van der Waals surface area contributed by atoms with Gasteiger partial charge in [-0.05, 0) is 51.4 Å². The van der Waals surface area contributed by atoms with Gasteiger partial charge in [-0.2, -0.15) is 0 Å². The third-order valence-electron chi connectivity index (χ3n) is 5.94. The van der Waals surface area contributed by atoms with Gasteiger partial charge in [0.25, 0.3) is 0 Å². The van der Waals surface area contributed by atoms with Crippen LogP contribution >= 0.6 is 0 Å². The van der Waals surface area contributed by atoms with E-state index in [9.17, 15) is 4.79 Å². The number of benzene rings is 1. The summed E-state index contributed by atoms with van der Waals surface area (Å²) in [5.74, 6) is 1.85. The van der Waals surface area contributed by atoms with Crippen LogP contribution in [0.15, 0.2) is 18.2 Å². The molecule has 1 aliphatic heterocycles. The minimum absolute atomic E-state index is 0.0289. The van der Waals surface area contributed by atoms with Crippen LogP contribution in [0.4, 0.5) is 0 Å². The van der Waals surface area contributed by atoms with Gasteiger partial charge in [-0.15, -0.1) is 0 Å². The Morgan fingerprint density at radius 2 is 1.88 bits per heavy atom. The van der Waals surface area contributed by atoms with Crippen LogP contribution in [-0.4, -0.2) is 55.6 Å². The fourth-order valence-electron chi connectivity index (χ4n) is 4.36. The number of rotatable bonds is 6. The second-order valence-electron chi connectivity index (χ2n) is 7.57. The Labute approximate surface area is 157 Å². The van der Waals surface area contributed by atoms with Gasteiger partial charge in [-0.3, -0.25) is 9.69 Å². The topological polar surface area (TPSA) is 42.0 Å². The first-order valence-corrected chi connectivity index (χ1v) is 9.85. The quantitative estimate of drug-likeness (QED) is 0.779. The Morgan fingerprint density at radius 1 is 1.12 bits per heavy atom. The number of likely N-dealkylation sites (tertiary alicyclic amines) is 1. The summed E-state index contributed by atoms with van der Waals surface area (Å²) in [5, 5.41) is 0. The summed E-state index contributed by atoms with van der Waals surface area (Å²) in [6.45, 7) is 1.63. The van der Waals surface area contributed by atoms with Gasteiger partial charge in [0.2, 0.25) is 5.91 Å². The number of hydrogen-bond acceptors (Lipinski definition) is 4. The number of amides is 1. The highest BCUT2D eigenvalue weighted by Gasteiger charge is 2.35. The van der Waals surface area contributed by atoms with Gasteiger partial charge in [0.15, 0.2) is 0 Å². The summed E-state index contributed by atoms with van der Waals surface area (Å²) in [4.78, 5) is 17.7. The van der Waals surface area contributed by atoms with E-state index in [1.54, 1.807) is 14.2 Å². The minimum Gasteiger partial charge on any atom is -0.497 e. The Balaban J connectivity index is 1.84. The third kappa shape index (κ3) is 4.14. The Hall–Kier alpha value is -1.75. The Kier molecular flexibility index (Phi) is 6.41. The molecular weight excluding hydrogens is 328 g/mol. The number of carbonyl (C=O) groups excluding carboxylic acids is 1. The highest BCUT2D eigenvalue weighted by molar-refractivity contribution is 5.82. The number of nitrogens with zero attached hydrogens (tertiary/aromatic N) is 2. The van der Waals surface area contributed by atoms with Gasteiger partial charge in [-0.1, -0.05) is 19.3 Å². The van der Waals surface area contributed by atoms with E-state index in [1.165, 1.54) is 19.3 Å². The van der Waals surface area contributed by atoms with E-state index in [-0.39, 0.29) is 11.9 Å². The molecule has 0 radical (unpaired) electrons. The summed E-state index contributed by atoms with van der Waals surface area (Å²) >= 11 is 0. The van der Waals surface area contributed by atoms with Crippen molar-refractivity contribution in [1.29, 1.82) is 0 Å². The molecular formula is C21H32N2O3. The first-order chi connectivity index (χ1) is 12.6. The van der Waals surface area contributed by atoms with Gasteiger partial charge < -0.3 is 14.4 Å². The van der Waals surface area contributed by atoms with Gasteiger partial charge in [0, 0.05) is 24.2 Å². The molecule has 26 heavy (non-hydrogen) atoms. The maximum atomic E-state index is 13.4. The largest absolute Gasteiger partial charge is 0.497 e. The molecule has 0 N–H and O–H groups in total. The number of methoxy groups -OCH3 is 2. The average molecular weight is 360 g/mol. The van der Waals surface area contributed by atoms with Gasteiger partial charge >= 0.3 is 0 Å². The summed E-state index contributed by atoms with van der Waals surface area (Å²) in [5.41, 5.74) is 1.05. The first kappa shape index (κ1) is 19.0. The summed E-state index contributed by atoms with van der Waals surface area (Å²) in [6, 6.07) is 6.25. The molecule has 1 aliphatic carbocycles. The van der Waals surface area contributed by atoms with Crippen molar-refractivity contribution in [2.45, 2.75) is 63.6 Å². The van der Waals surface area contributed by atoms with Crippen LogP contribution in [-0.2, 0) is 11.3 Å². The molecule has 5 nitrogen and oxygen atoms in total. The van der Waals surface area contributed by atoms with Crippen LogP contribution in [0.3, 0.4) is 0 Å². The van der Waals surface area contributed by atoms with Crippen LogP contribution in [0, 0.1) is 0 Å². The average Bonchev–Trinajstić information content (AvgIpc) is 3.12. The highest BCUT2D eigenvalue weighted by atomic mass is 16.5. The molecule has 0 aromatic heterocycles. The van der Waals surface area contributed by atoms with Crippen LogP contribution in [0.2, 0.25) is 0 Å². The van der Waals surface area contributed by atoms with Crippen molar-refractivity contribution >= 4 is 5.91 Å². The fraction of sp³-hybridized carbons (Fsp3) is 0.667. The summed E-state index contributed by atoms with van der Waals surface area (Å²) in [7, 11) is 5.40. The van der Waals surface area contributed by atoms with Crippen molar-refractivity contribution in [3.05, 3.63) is 23.8 Å². The predicted molar refractivity (Wildman–Crippen MR) is 103 cm³/mol. The second kappa shape index (κ2) is 8.76. The Bertz CT molecular complexity index is 613. The van der Waals surface area contributed by atoms with Crippen molar-refractivity contribution in [2.24, 2.45) is 0 Å². The normalized spacial score (nSPS) is 21.6. The molecule has 1 atom stereocenters. The maximum Gasteiger partial charge on any atom is 0.240 e. The zero-order valence-electron chi connectivity index (χ0n) is 16.4. The van der Waals surface area contributed by atoms with Crippen molar-refractivity contribution in [1.82, 2.24) is 9.80 Å². The molecule has 1 aromatic carbocycles. The Morgan fingerprint density at radius 3 is 2.50 bits per heavy atom. The lowest BCUT2D eigenvalue weighted by Crippen LogP contribution is -2.49. The highest BCUT2D eigenvalue weighted by Crippen LogP contribution is 2.31. The SMILES string of the molecule is COc1ccc(CN(C(=O)[C@@H]2CCCN2C)C2CCCCC2)c(OC)c1. The number of likely N-dealkylation sites (N-methyl/N-ethyl adjacent to an activating group) is 1. The molecule has 2 aliphatic rings. The van der Waals surface area contributed by atoms with Crippen molar-refractivity contribution < 1.29 is 14.3 Å². The van der Waals surface area contributed by atoms with Gasteiger partial charge in [0.05, 0.1) is 20.3 Å². The molecule has 1 aromatic rings. The molecule has 5 heteroatoms. The zero-order valence-corrected chi connectivity index (χ0v) is 16.4. The van der Waals surface area contributed by atoms with E-state index in [0.29, 0.717) is 12.6 Å². The molecule has 144 valence electrons. The standard InChI is InChI=1S/C21H32N2O3/c1-22-13-7-10-19(22)21(24)23(17-8-5-4-6-9-17)15-16-11-12-18(25-2)14-20(16)26-3/h11-12,14,17,19H,4-10,13,15H2,1-3H3/t19-/m0/s1. The number of ether oxygens (including phenoxy) is 2. The molecule has 3 rings (SSSR count). The minimum atomic E-state index is 0.0289. The van der Waals surface area contributed by atoms with E-state index in [1.807, 2.05) is 18.2 Å². The smallest absolute Gasteiger partial charge is 0.240 e. The van der Waals surface area contributed by atoms with E-state index < -0.39 is 0 Å². The van der Waals surface area contributed by atoms with Crippen LogP contribution < -0.4 is 9.47 Å². The molecule has 1 amide bonds. The van der Waals surface area contributed by atoms with E-state index >= 15 is 0 Å². The van der Waals surface area contributed by atoms with Crippen LogP contribution in [0.25, 0.3) is 0 Å². The fourth-order valence-corrected chi connectivity index (χ4v) is 4.36. The van der Waals surface area contributed by atoms with Crippen molar-refractivity contribution in [2.75, 3.05) is 27.8 Å². The lowest BCUT2D eigenvalue weighted by Gasteiger charge is -2.37. The van der Waals surface area contributed by atoms with Crippen LogP contribution in [0.1, 0.15) is 50.5 Å². The van der Waals surface area contributed by atoms with Crippen LogP contribution in [0.5, 0.6) is 11.5 Å². The lowest BCUT2D eigenvalue weighted by molar-refractivity contribution is -0.139. The molecule has 1 saturated carbocycles. The maximum absolute atomic E-state index is 13.4. The lowest BCUT2D eigenvalue weighted by atomic mass is 9.93. The third-order valence-corrected chi connectivity index (χ3v) is 5.94. The summed E-state index contributed by atoms with van der Waals surface area (Å²) in [6.07, 6.45) is 8.02. The number of hydrogen-bond donors (Lipinski definition) is 0. The molecule has 0 unspecified atom stereocenters. The molecule has 0 bridgehead atoms. The molecule has 1 saturated heterocycles. The van der Waals surface area contributed by atoms with Gasteiger partial charge in [0.1, 0.15) is 11.5 Å². The molecule has 1 heterocycles. The zero-order chi connectivity index (χ0) is 18.5. The summed E-state index contributed by atoms with van der Waals surface area (Å²) < 4.78 is 10.9. The van der Waals surface area contributed by atoms with E-state index in [0.717, 1.165) is 49.3 Å². The predicted octanol–water partition coefficient (Wildman–Crippen LogP) is 3.46.